The van der Waals surface area contributed by atoms with Crippen LogP contribution >= 0.6 is 0 Å². The fourth-order valence-corrected chi connectivity index (χ4v) is 6.09. The molecule has 1 atom stereocenters. The second-order valence-corrected chi connectivity index (χ2v) is 10.9. The Morgan fingerprint density at radius 1 is 0.975 bits per heavy atom. The van der Waals surface area contributed by atoms with Crippen LogP contribution in [0.25, 0.3) is 27.6 Å². The molecule has 8 heteroatoms. The normalized spacial score (nSPS) is 18.3. The zero-order valence-corrected chi connectivity index (χ0v) is 23.0. The third-order valence-corrected chi connectivity index (χ3v) is 8.25. The molecule has 0 saturated heterocycles. The molecule has 0 aliphatic heterocycles. The van der Waals surface area contributed by atoms with E-state index in [4.69, 9.17) is 0 Å². The lowest BCUT2D eigenvalue weighted by Crippen LogP contribution is -2.39. The summed E-state index contributed by atoms with van der Waals surface area (Å²) in [6, 6.07) is 23.3. The first kappa shape index (κ1) is 26.1. The van der Waals surface area contributed by atoms with Gasteiger partial charge in [-0.15, -0.1) is 0 Å². The second-order valence-electron chi connectivity index (χ2n) is 10.9. The third-order valence-electron chi connectivity index (χ3n) is 8.25. The fraction of sp³-hybridized carbons (Fsp3) is 0.344. The summed E-state index contributed by atoms with van der Waals surface area (Å²) in [7, 11) is 0. The number of benzene rings is 3. The number of aliphatic hydroxyl groups excluding tert-OH is 1. The molecule has 1 amide bonds. The Morgan fingerprint density at radius 2 is 1.65 bits per heavy atom. The van der Waals surface area contributed by atoms with Gasteiger partial charge in [0.15, 0.2) is 0 Å². The van der Waals surface area contributed by atoms with Crippen LogP contribution in [0.2, 0.25) is 0 Å². The summed E-state index contributed by atoms with van der Waals surface area (Å²) >= 11 is 0. The van der Waals surface area contributed by atoms with Gasteiger partial charge in [-0.3, -0.25) is 18.6 Å². The quantitative estimate of drug-likeness (QED) is 0.298. The smallest absolute Gasteiger partial charge is 0.333 e. The highest BCUT2D eigenvalue weighted by Crippen LogP contribution is 2.28. The van der Waals surface area contributed by atoms with Crippen molar-refractivity contribution in [3.63, 3.8) is 0 Å². The lowest BCUT2D eigenvalue weighted by molar-refractivity contribution is 0.0911. The molecule has 1 unspecified atom stereocenters. The molecule has 1 aliphatic rings. The van der Waals surface area contributed by atoms with Crippen molar-refractivity contribution in [1.82, 2.24) is 24.2 Å². The van der Waals surface area contributed by atoms with Gasteiger partial charge in [0, 0.05) is 24.5 Å². The van der Waals surface area contributed by atoms with Crippen molar-refractivity contribution in [2.24, 2.45) is 5.92 Å². The Labute approximate surface area is 232 Å². The topological polar surface area (TPSA) is 94.1 Å². The minimum Gasteiger partial charge on any atom is -0.389 e. The molecule has 0 bridgehead atoms. The predicted molar refractivity (Wildman–Crippen MR) is 157 cm³/mol. The van der Waals surface area contributed by atoms with Gasteiger partial charge in [-0.1, -0.05) is 42.5 Å². The van der Waals surface area contributed by atoms with Crippen LogP contribution in [0.5, 0.6) is 0 Å². The minimum absolute atomic E-state index is 0.0545. The molecule has 206 valence electrons. The Hall–Kier alpha value is -4.17. The fourth-order valence-electron chi connectivity index (χ4n) is 6.09. The number of aryl methyl sites for hydroxylation is 1. The van der Waals surface area contributed by atoms with Crippen LogP contribution in [-0.4, -0.2) is 36.0 Å². The Kier molecular flexibility index (Phi) is 7.02. The summed E-state index contributed by atoms with van der Waals surface area (Å²) in [6.07, 6.45) is 3.08. The molecule has 40 heavy (non-hydrogen) atoms. The number of hydrogen-bond donors (Lipinski definition) is 2. The van der Waals surface area contributed by atoms with Crippen LogP contribution in [0.4, 0.5) is 0 Å². The van der Waals surface area contributed by atoms with Gasteiger partial charge in [0.25, 0.3) is 5.91 Å². The maximum Gasteiger partial charge on any atom is 0.333 e. The molecule has 2 heterocycles. The molecule has 6 rings (SSSR count). The highest BCUT2D eigenvalue weighted by atomic mass is 16.3. The molecular weight excluding hydrogens is 502 g/mol. The van der Waals surface area contributed by atoms with Gasteiger partial charge in [-0.2, -0.15) is 5.10 Å². The largest absolute Gasteiger partial charge is 0.389 e. The number of rotatable bonds is 7. The van der Waals surface area contributed by atoms with E-state index in [9.17, 15) is 14.7 Å². The van der Waals surface area contributed by atoms with Crippen LogP contribution in [0.3, 0.4) is 0 Å². The monoisotopic (exact) mass is 537 g/mol. The van der Waals surface area contributed by atoms with Crippen molar-refractivity contribution in [1.29, 1.82) is 0 Å². The van der Waals surface area contributed by atoms with E-state index < -0.39 is 6.10 Å². The lowest BCUT2D eigenvalue weighted by atomic mass is 9.86. The van der Waals surface area contributed by atoms with Gasteiger partial charge < -0.3 is 10.4 Å². The van der Waals surface area contributed by atoms with Crippen molar-refractivity contribution < 1.29 is 9.90 Å². The zero-order valence-electron chi connectivity index (χ0n) is 23.0. The molecule has 0 spiro atoms. The zero-order chi connectivity index (χ0) is 27.8. The summed E-state index contributed by atoms with van der Waals surface area (Å²) in [5.74, 6) is 0.282. The molecule has 0 radical (unpaired) electrons. The molecule has 1 saturated carbocycles. The van der Waals surface area contributed by atoms with Crippen molar-refractivity contribution >= 4 is 27.8 Å². The maximum absolute atomic E-state index is 13.7. The summed E-state index contributed by atoms with van der Waals surface area (Å²) in [6.45, 7) is 5.01. The lowest BCUT2D eigenvalue weighted by Gasteiger charge is -2.29. The van der Waals surface area contributed by atoms with Crippen molar-refractivity contribution in [3.05, 3.63) is 94.5 Å². The first-order chi connectivity index (χ1) is 19.4. The summed E-state index contributed by atoms with van der Waals surface area (Å²) in [4.78, 5) is 27.0. The summed E-state index contributed by atoms with van der Waals surface area (Å²) < 4.78 is 5.44. The van der Waals surface area contributed by atoms with Crippen molar-refractivity contribution in [3.8, 4) is 5.69 Å². The first-order valence-corrected chi connectivity index (χ1v) is 14.2. The van der Waals surface area contributed by atoms with Crippen LogP contribution in [0.1, 0.15) is 61.7 Å². The number of nitrogens with zero attached hydrogens (tertiary/aromatic N) is 4. The molecule has 1 aliphatic carbocycles. The Balaban J connectivity index is 1.17. The van der Waals surface area contributed by atoms with Gasteiger partial charge in [-0.05, 0) is 81.3 Å². The van der Waals surface area contributed by atoms with E-state index in [1.807, 2.05) is 84.3 Å². The Bertz CT molecular complexity index is 1720. The van der Waals surface area contributed by atoms with Crippen molar-refractivity contribution in [2.45, 2.75) is 64.8 Å². The van der Waals surface area contributed by atoms with Crippen LogP contribution in [0.15, 0.2) is 77.6 Å². The van der Waals surface area contributed by atoms with E-state index in [0.717, 1.165) is 58.9 Å². The number of imidazole rings is 1. The van der Waals surface area contributed by atoms with Gasteiger partial charge in [0.05, 0.1) is 28.3 Å². The number of para-hydroxylation sites is 2. The summed E-state index contributed by atoms with van der Waals surface area (Å²) in [5, 5.41) is 18.6. The molecule has 8 nitrogen and oxygen atoms in total. The molecule has 5 aromatic rings. The number of hydrogen-bond acceptors (Lipinski definition) is 4. The molecular formula is C32H35N5O3. The number of aliphatic hydroxyl groups is 1. The minimum atomic E-state index is -0.555. The first-order valence-electron chi connectivity index (χ1n) is 14.2. The van der Waals surface area contributed by atoms with Gasteiger partial charge >= 0.3 is 5.69 Å². The Morgan fingerprint density at radius 3 is 2.35 bits per heavy atom. The van der Waals surface area contributed by atoms with Crippen molar-refractivity contribution in [2.75, 3.05) is 0 Å². The number of carbonyl (C=O) groups is 1. The van der Waals surface area contributed by atoms with E-state index in [1.165, 1.54) is 0 Å². The van der Waals surface area contributed by atoms with Crippen LogP contribution in [-0.2, 0) is 13.1 Å². The number of aromatic nitrogens is 4. The highest BCUT2D eigenvalue weighted by molar-refractivity contribution is 6.05. The number of carbonyl (C=O) groups excluding carboxylic acids is 1. The maximum atomic E-state index is 13.7. The van der Waals surface area contributed by atoms with Gasteiger partial charge in [-0.25, -0.2) is 4.79 Å². The van der Waals surface area contributed by atoms with E-state index in [-0.39, 0.29) is 17.6 Å². The molecule has 3 aromatic carbocycles. The average molecular weight is 538 g/mol. The van der Waals surface area contributed by atoms with E-state index >= 15 is 0 Å². The number of amides is 1. The third kappa shape index (κ3) is 4.73. The summed E-state index contributed by atoms with van der Waals surface area (Å²) in [5.41, 5.74) is 4.80. The van der Waals surface area contributed by atoms with Gasteiger partial charge in [0.2, 0.25) is 0 Å². The van der Waals surface area contributed by atoms with E-state index in [1.54, 1.807) is 16.2 Å². The van der Waals surface area contributed by atoms with Gasteiger partial charge in [0.1, 0.15) is 5.69 Å². The number of fused-ring (bicyclic) bond motifs is 2. The number of nitrogens with one attached hydrogen (secondary N) is 1. The average Bonchev–Trinajstić information content (AvgIpc) is 3.49. The second kappa shape index (κ2) is 10.8. The molecule has 2 N–H and O–H groups in total. The molecule has 2 aromatic heterocycles. The van der Waals surface area contributed by atoms with Crippen LogP contribution in [0, 0.1) is 5.92 Å². The molecule has 1 fully saturated rings. The SMILES string of the molecule is CCn1nc2ccccc2c1C(=O)NC1CCC(Cn2c(=O)n(-c3ccc(C(C)O)cc3)c3ccccc32)CC1. The van der Waals surface area contributed by atoms with Crippen LogP contribution < -0.4 is 11.0 Å². The standard InChI is InChI=1S/C32H35N5O3/c1-3-36-30(26-8-4-5-9-27(26)34-36)31(39)33-24-16-12-22(13-17-24)20-35-28-10-6-7-11-29(28)37(32(35)40)25-18-14-23(15-19-25)21(2)38/h4-11,14-15,18-19,21-22,24,38H,3,12-13,16-17,20H2,1-2H3,(H,33,39). The predicted octanol–water partition coefficient (Wildman–Crippen LogP) is 5.20. The van der Waals surface area contributed by atoms with E-state index in [2.05, 4.69) is 10.4 Å². The highest BCUT2D eigenvalue weighted by Gasteiger charge is 2.27. The van der Waals surface area contributed by atoms with E-state index in [0.29, 0.717) is 24.7 Å².